The number of pyridine rings is 2. The molecule has 0 saturated carbocycles. The van der Waals surface area contributed by atoms with Crippen molar-refractivity contribution in [3.63, 3.8) is 0 Å². The third-order valence-electron chi connectivity index (χ3n) is 5.56. The molecule has 0 radical (unpaired) electrons. The molecule has 0 aliphatic rings. The number of nitrogens with zero attached hydrogens (tertiary/aromatic N) is 2. The lowest BCUT2D eigenvalue weighted by atomic mass is 9.94. The Labute approximate surface area is 200 Å². The van der Waals surface area contributed by atoms with Crippen molar-refractivity contribution >= 4 is 37.7 Å². The predicted octanol–water partition coefficient (Wildman–Crippen LogP) is 4.64. The predicted molar refractivity (Wildman–Crippen MR) is 131 cm³/mol. The Balaban J connectivity index is 1.69. The number of hydrogen-bond acceptors (Lipinski definition) is 7. The molecule has 33 heavy (non-hydrogen) atoms. The Morgan fingerprint density at radius 3 is 2.45 bits per heavy atom. The van der Waals surface area contributed by atoms with E-state index >= 15 is 0 Å². The Bertz CT molecular complexity index is 1270. The van der Waals surface area contributed by atoms with E-state index in [1.165, 1.54) is 0 Å². The molecule has 0 saturated heterocycles. The van der Waals surface area contributed by atoms with Crippen LogP contribution < -0.4 is 14.2 Å². The van der Waals surface area contributed by atoms with Gasteiger partial charge < -0.3 is 24.4 Å². The lowest BCUT2D eigenvalue weighted by Gasteiger charge is -2.27. The van der Waals surface area contributed by atoms with E-state index in [0.29, 0.717) is 33.8 Å². The van der Waals surface area contributed by atoms with Crippen molar-refractivity contribution in [1.29, 1.82) is 0 Å². The molecule has 4 rings (SSSR count). The van der Waals surface area contributed by atoms with E-state index in [2.05, 4.69) is 25.9 Å². The van der Waals surface area contributed by atoms with Crippen LogP contribution in [0.3, 0.4) is 0 Å². The molecule has 0 fully saturated rings. The number of halogens is 1. The van der Waals surface area contributed by atoms with E-state index < -0.39 is 5.41 Å². The van der Waals surface area contributed by atoms with Crippen LogP contribution in [0.2, 0.25) is 0 Å². The van der Waals surface area contributed by atoms with Crippen LogP contribution in [0.5, 0.6) is 23.0 Å². The Morgan fingerprint density at radius 1 is 0.939 bits per heavy atom. The van der Waals surface area contributed by atoms with E-state index in [-0.39, 0.29) is 19.8 Å². The summed E-state index contributed by atoms with van der Waals surface area (Å²) >= 11 is 3.34. The first kappa shape index (κ1) is 23.2. The first-order valence-electron chi connectivity index (χ1n) is 10.4. The molecule has 0 aliphatic heterocycles. The third-order valence-corrected chi connectivity index (χ3v) is 6.75. The topological polar surface area (TPSA) is 93.9 Å². The van der Waals surface area contributed by atoms with E-state index in [9.17, 15) is 10.2 Å². The van der Waals surface area contributed by atoms with Crippen LogP contribution in [0.1, 0.15) is 5.69 Å². The molecule has 0 amide bonds. The van der Waals surface area contributed by atoms with Gasteiger partial charge in [-0.15, -0.1) is 0 Å². The van der Waals surface area contributed by atoms with Crippen molar-refractivity contribution in [1.82, 2.24) is 9.97 Å². The quantitative estimate of drug-likeness (QED) is 0.315. The summed E-state index contributed by atoms with van der Waals surface area (Å²) in [7, 11) is 1.55. The molecule has 2 heterocycles. The number of alkyl halides is 1. The van der Waals surface area contributed by atoms with Gasteiger partial charge in [-0.05, 0) is 31.2 Å². The highest BCUT2D eigenvalue weighted by molar-refractivity contribution is 9.09. The van der Waals surface area contributed by atoms with Gasteiger partial charge >= 0.3 is 0 Å². The van der Waals surface area contributed by atoms with Crippen molar-refractivity contribution in [2.24, 2.45) is 5.41 Å². The van der Waals surface area contributed by atoms with E-state index in [1.807, 2.05) is 43.3 Å². The van der Waals surface area contributed by atoms with Crippen LogP contribution in [-0.4, -0.2) is 52.4 Å². The smallest absolute Gasteiger partial charge is 0.163 e. The van der Waals surface area contributed by atoms with Crippen LogP contribution in [-0.2, 0) is 0 Å². The van der Waals surface area contributed by atoms with E-state index in [0.717, 1.165) is 22.0 Å². The molecule has 2 N–H and O–H groups in total. The summed E-state index contributed by atoms with van der Waals surface area (Å²) in [4.78, 5) is 9.10. The van der Waals surface area contributed by atoms with Crippen molar-refractivity contribution in [2.45, 2.75) is 6.92 Å². The molecule has 0 unspecified atom stereocenters. The lowest BCUT2D eigenvalue weighted by molar-refractivity contribution is 0.0326. The zero-order valence-electron chi connectivity index (χ0n) is 18.4. The van der Waals surface area contributed by atoms with Gasteiger partial charge in [0.15, 0.2) is 11.5 Å². The second-order valence-corrected chi connectivity index (χ2v) is 8.50. The molecule has 2 aromatic heterocycles. The molecule has 8 heteroatoms. The van der Waals surface area contributed by atoms with Crippen molar-refractivity contribution in [3.8, 4) is 23.0 Å². The van der Waals surface area contributed by atoms with Crippen LogP contribution in [0, 0.1) is 12.3 Å². The zero-order valence-corrected chi connectivity index (χ0v) is 20.0. The maximum atomic E-state index is 9.68. The van der Waals surface area contributed by atoms with Gasteiger partial charge in [-0.25, -0.2) is 4.98 Å². The largest absolute Gasteiger partial charge is 0.493 e. The summed E-state index contributed by atoms with van der Waals surface area (Å²) in [6.45, 7) is 1.57. The molecule has 4 aromatic rings. The summed E-state index contributed by atoms with van der Waals surface area (Å²) in [5.74, 6) is 2.23. The lowest BCUT2D eigenvalue weighted by Crippen LogP contribution is -2.38. The number of methoxy groups -OCH3 is 1. The molecule has 172 valence electrons. The third kappa shape index (κ3) is 4.73. The van der Waals surface area contributed by atoms with Crippen LogP contribution in [0.25, 0.3) is 21.8 Å². The number of hydrogen-bond donors (Lipinski definition) is 2. The van der Waals surface area contributed by atoms with Crippen molar-refractivity contribution < 1.29 is 24.4 Å². The number of rotatable bonds is 9. The minimum absolute atomic E-state index is 0.102. The van der Waals surface area contributed by atoms with Crippen molar-refractivity contribution in [3.05, 3.63) is 60.4 Å². The highest BCUT2D eigenvalue weighted by Gasteiger charge is 2.29. The molecule has 0 aliphatic carbocycles. The van der Waals surface area contributed by atoms with Gasteiger partial charge in [-0.3, -0.25) is 4.98 Å². The Morgan fingerprint density at radius 2 is 1.73 bits per heavy atom. The molecule has 2 aromatic carbocycles. The fourth-order valence-corrected chi connectivity index (χ4v) is 3.92. The number of ether oxygens (including phenoxy) is 3. The van der Waals surface area contributed by atoms with Crippen LogP contribution in [0.15, 0.2) is 54.7 Å². The number of fused-ring (bicyclic) bond motifs is 2. The van der Waals surface area contributed by atoms with Gasteiger partial charge in [0.1, 0.15) is 11.5 Å². The highest BCUT2D eigenvalue weighted by atomic mass is 79.9. The zero-order chi connectivity index (χ0) is 23.4. The van der Waals surface area contributed by atoms with Gasteiger partial charge in [0.25, 0.3) is 0 Å². The number of aliphatic hydroxyl groups is 2. The Kier molecular flexibility index (Phi) is 6.97. The second kappa shape index (κ2) is 9.91. The van der Waals surface area contributed by atoms with Gasteiger partial charge in [0.2, 0.25) is 0 Å². The first-order chi connectivity index (χ1) is 16.0. The SMILES string of the molecule is COc1cc2c(Oc3cc4ccccc4nc3C)ccnc2cc1OCC(CO)(CO)CBr. The van der Waals surface area contributed by atoms with Gasteiger partial charge in [-0.1, -0.05) is 34.1 Å². The summed E-state index contributed by atoms with van der Waals surface area (Å²) in [5, 5.41) is 21.5. The highest BCUT2D eigenvalue weighted by Crippen LogP contribution is 2.38. The number of benzene rings is 2. The minimum atomic E-state index is -0.807. The molecular weight excluding hydrogens is 488 g/mol. The van der Waals surface area contributed by atoms with E-state index in [1.54, 1.807) is 25.4 Å². The standard InChI is InChI=1S/C25H25BrN2O5/c1-16-22(9-17-5-3-4-6-19(17)28-16)33-21-7-8-27-20-11-24(23(31-2)10-18(20)21)32-15-25(12-26,13-29)14-30/h3-11,29-30H,12-15H2,1-2H3. The van der Waals surface area contributed by atoms with Gasteiger partial charge in [0, 0.05) is 28.4 Å². The van der Waals surface area contributed by atoms with Crippen LogP contribution in [0.4, 0.5) is 0 Å². The molecule has 0 bridgehead atoms. The monoisotopic (exact) mass is 512 g/mol. The van der Waals surface area contributed by atoms with Gasteiger partial charge in [0.05, 0.1) is 49.1 Å². The normalized spacial score (nSPS) is 11.7. The average molecular weight is 513 g/mol. The average Bonchev–Trinajstić information content (AvgIpc) is 2.85. The molecule has 7 nitrogen and oxygen atoms in total. The fraction of sp³-hybridized carbons (Fsp3) is 0.280. The summed E-state index contributed by atoms with van der Waals surface area (Å²) in [6, 6.07) is 15.2. The fourth-order valence-electron chi connectivity index (χ4n) is 3.40. The summed E-state index contributed by atoms with van der Waals surface area (Å²) in [6.07, 6.45) is 1.67. The summed E-state index contributed by atoms with van der Waals surface area (Å²) in [5.41, 5.74) is 1.55. The minimum Gasteiger partial charge on any atom is -0.493 e. The van der Waals surface area contributed by atoms with Crippen molar-refractivity contribution in [2.75, 3.05) is 32.3 Å². The van der Waals surface area contributed by atoms with Gasteiger partial charge in [-0.2, -0.15) is 0 Å². The molecular formula is C25H25BrN2O5. The number of para-hydroxylation sites is 1. The molecule has 0 spiro atoms. The maximum Gasteiger partial charge on any atom is 0.163 e. The summed E-state index contributed by atoms with van der Waals surface area (Å²) < 4.78 is 17.7. The molecule has 0 atom stereocenters. The number of aliphatic hydroxyl groups excluding tert-OH is 2. The second-order valence-electron chi connectivity index (χ2n) is 7.93. The van der Waals surface area contributed by atoms with E-state index in [4.69, 9.17) is 14.2 Å². The number of aryl methyl sites for hydroxylation is 1. The number of aromatic nitrogens is 2. The Hall–Kier alpha value is -2.94. The van der Waals surface area contributed by atoms with Crippen LogP contribution >= 0.6 is 15.9 Å². The maximum absolute atomic E-state index is 9.68. The first-order valence-corrected chi connectivity index (χ1v) is 11.6.